The molecular weight excluding hydrogens is 401 g/mol. The van der Waals surface area contributed by atoms with Crippen LogP contribution in [0.15, 0.2) is 77.8 Å². The molecule has 0 bridgehead atoms. The summed E-state index contributed by atoms with van der Waals surface area (Å²) in [5.41, 5.74) is 2.23. The number of sulfone groups is 1. The van der Waals surface area contributed by atoms with Crippen molar-refractivity contribution < 1.29 is 21.6 Å². The van der Waals surface area contributed by atoms with Crippen molar-refractivity contribution in [2.45, 2.75) is 11.1 Å². The minimum absolute atomic E-state index is 0.165. The van der Waals surface area contributed by atoms with Crippen molar-refractivity contribution in [3.8, 4) is 22.4 Å². The number of alkyl halides is 3. The molecule has 0 fully saturated rings. The molecule has 0 saturated carbocycles. The lowest BCUT2D eigenvalue weighted by Crippen LogP contribution is -2.06. The smallest absolute Gasteiger partial charge is 0.239 e. The third-order valence-corrected chi connectivity index (χ3v) is 5.70. The average Bonchev–Trinajstić information content (AvgIpc) is 3.06. The lowest BCUT2D eigenvalue weighted by molar-refractivity contribution is -0.137. The predicted molar refractivity (Wildman–Crippen MR) is 104 cm³/mol. The summed E-state index contributed by atoms with van der Waals surface area (Å²) in [6.07, 6.45) is -2.41. The van der Waals surface area contributed by atoms with Crippen LogP contribution in [-0.4, -0.2) is 24.3 Å². The second-order valence-electron chi connectivity index (χ2n) is 6.63. The highest BCUT2D eigenvalue weighted by Crippen LogP contribution is 2.37. The first kappa shape index (κ1) is 19.2. The monoisotopic (exact) mass is 416 g/mol. The Morgan fingerprint density at radius 1 is 0.862 bits per heavy atom. The molecule has 0 amide bonds. The summed E-state index contributed by atoms with van der Waals surface area (Å²) in [6.45, 7) is 0. The first-order chi connectivity index (χ1) is 13.6. The van der Waals surface area contributed by atoms with Crippen LogP contribution < -0.4 is 0 Å². The Balaban J connectivity index is 1.98. The molecule has 0 aliphatic heterocycles. The van der Waals surface area contributed by atoms with E-state index in [0.29, 0.717) is 22.3 Å². The number of fused-ring (bicyclic) bond motifs is 1. The maximum atomic E-state index is 13.1. The number of aromatic nitrogens is 2. The van der Waals surface area contributed by atoms with Gasteiger partial charge < -0.3 is 0 Å². The van der Waals surface area contributed by atoms with E-state index < -0.39 is 21.6 Å². The molecule has 4 rings (SSSR count). The van der Waals surface area contributed by atoms with Gasteiger partial charge in [-0.3, -0.25) is 0 Å². The summed E-state index contributed by atoms with van der Waals surface area (Å²) in [4.78, 5) is 0.165. The molecule has 0 atom stereocenters. The van der Waals surface area contributed by atoms with Crippen LogP contribution in [0.1, 0.15) is 5.56 Å². The van der Waals surface area contributed by atoms with Crippen LogP contribution in [0.4, 0.5) is 13.2 Å². The van der Waals surface area contributed by atoms with Gasteiger partial charge in [-0.1, -0.05) is 42.5 Å². The van der Waals surface area contributed by atoms with Crippen molar-refractivity contribution in [1.82, 2.24) is 9.61 Å². The Bertz CT molecular complexity index is 1290. The first-order valence-electron chi connectivity index (χ1n) is 8.60. The van der Waals surface area contributed by atoms with E-state index in [1.54, 1.807) is 12.1 Å². The highest BCUT2D eigenvalue weighted by atomic mass is 32.2. The molecule has 4 nitrogen and oxygen atoms in total. The summed E-state index contributed by atoms with van der Waals surface area (Å²) in [5, 5.41) is 4.40. The van der Waals surface area contributed by atoms with E-state index in [-0.39, 0.29) is 4.90 Å². The Morgan fingerprint density at radius 3 is 2.10 bits per heavy atom. The van der Waals surface area contributed by atoms with Crippen LogP contribution in [0, 0.1) is 0 Å². The number of halogens is 3. The van der Waals surface area contributed by atoms with E-state index in [1.165, 1.54) is 22.7 Å². The quantitative estimate of drug-likeness (QED) is 0.467. The van der Waals surface area contributed by atoms with Gasteiger partial charge in [0, 0.05) is 23.6 Å². The van der Waals surface area contributed by atoms with Crippen LogP contribution in [0.5, 0.6) is 0 Å². The molecule has 29 heavy (non-hydrogen) atoms. The zero-order valence-corrected chi connectivity index (χ0v) is 16.0. The highest BCUT2D eigenvalue weighted by molar-refractivity contribution is 7.90. The Kier molecular flexibility index (Phi) is 4.46. The van der Waals surface area contributed by atoms with Gasteiger partial charge >= 0.3 is 6.18 Å². The van der Waals surface area contributed by atoms with Crippen molar-refractivity contribution in [3.05, 3.63) is 78.5 Å². The van der Waals surface area contributed by atoms with Gasteiger partial charge in [0.25, 0.3) is 0 Å². The summed E-state index contributed by atoms with van der Waals surface area (Å²) in [5.74, 6) is 0. The third kappa shape index (κ3) is 3.63. The lowest BCUT2D eigenvalue weighted by Gasteiger charge is -2.07. The number of pyridine rings is 1. The largest absolute Gasteiger partial charge is 0.417 e. The van der Waals surface area contributed by atoms with Crippen LogP contribution in [0.3, 0.4) is 0 Å². The molecule has 4 aromatic rings. The molecule has 2 aromatic heterocycles. The van der Waals surface area contributed by atoms with E-state index in [4.69, 9.17) is 0 Å². The molecule has 148 valence electrons. The molecular formula is C21H15F3N2O2S. The standard InChI is InChI=1S/C21H15F3N2O2S/c1-29(27,28)17-10-7-14(8-11-17)19-18-12-9-16(21(22,23)24)13-26(18)25-20(19)15-5-3-2-4-6-15/h2-13H,1H3. The van der Waals surface area contributed by atoms with Gasteiger partial charge in [0.15, 0.2) is 9.84 Å². The summed E-state index contributed by atoms with van der Waals surface area (Å²) < 4.78 is 64.1. The van der Waals surface area contributed by atoms with Gasteiger partial charge in [0.1, 0.15) is 5.69 Å². The predicted octanol–water partition coefficient (Wildman–Crippen LogP) is 5.09. The molecule has 0 aliphatic rings. The van der Waals surface area contributed by atoms with Crippen LogP contribution in [-0.2, 0) is 16.0 Å². The van der Waals surface area contributed by atoms with Gasteiger partial charge in [0.05, 0.1) is 16.0 Å². The summed E-state index contributed by atoms with van der Waals surface area (Å²) in [6, 6.07) is 17.7. The number of rotatable bonds is 3. The van der Waals surface area contributed by atoms with E-state index in [1.807, 2.05) is 30.3 Å². The number of benzene rings is 2. The summed E-state index contributed by atoms with van der Waals surface area (Å²) >= 11 is 0. The Labute approximate surface area is 165 Å². The molecule has 0 aliphatic carbocycles. The molecule has 0 spiro atoms. The van der Waals surface area contributed by atoms with Crippen molar-refractivity contribution in [2.24, 2.45) is 0 Å². The molecule has 2 aromatic carbocycles. The minimum Gasteiger partial charge on any atom is -0.239 e. The normalized spacial score (nSPS) is 12.4. The van der Waals surface area contributed by atoms with Crippen molar-refractivity contribution >= 4 is 15.4 Å². The number of hydrogen-bond acceptors (Lipinski definition) is 3. The number of hydrogen-bond donors (Lipinski definition) is 0. The van der Waals surface area contributed by atoms with Gasteiger partial charge in [-0.15, -0.1) is 0 Å². The van der Waals surface area contributed by atoms with Gasteiger partial charge in [-0.05, 0) is 29.8 Å². The first-order valence-corrected chi connectivity index (χ1v) is 10.5. The minimum atomic E-state index is -4.48. The molecule has 2 heterocycles. The van der Waals surface area contributed by atoms with E-state index in [2.05, 4.69) is 5.10 Å². The van der Waals surface area contributed by atoms with Crippen molar-refractivity contribution in [2.75, 3.05) is 6.26 Å². The SMILES string of the molecule is CS(=O)(=O)c1ccc(-c2c(-c3ccccc3)nn3cc(C(F)(F)F)ccc23)cc1. The second kappa shape index (κ2) is 6.73. The van der Waals surface area contributed by atoms with E-state index >= 15 is 0 Å². The lowest BCUT2D eigenvalue weighted by atomic mass is 10.00. The summed E-state index contributed by atoms with van der Waals surface area (Å²) in [7, 11) is -3.36. The van der Waals surface area contributed by atoms with Gasteiger partial charge in [-0.25, -0.2) is 12.9 Å². The van der Waals surface area contributed by atoms with Crippen LogP contribution >= 0.6 is 0 Å². The fourth-order valence-electron chi connectivity index (χ4n) is 3.17. The third-order valence-electron chi connectivity index (χ3n) is 4.58. The fourth-order valence-corrected chi connectivity index (χ4v) is 3.80. The second-order valence-corrected chi connectivity index (χ2v) is 8.65. The van der Waals surface area contributed by atoms with Crippen LogP contribution in [0.2, 0.25) is 0 Å². The van der Waals surface area contributed by atoms with Gasteiger partial charge in [-0.2, -0.15) is 18.3 Å². The zero-order chi connectivity index (χ0) is 20.8. The highest BCUT2D eigenvalue weighted by Gasteiger charge is 2.31. The Morgan fingerprint density at radius 2 is 1.52 bits per heavy atom. The molecule has 0 N–H and O–H groups in total. The van der Waals surface area contributed by atoms with Crippen LogP contribution in [0.25, 0.3) is 27.9 Å². The maximum Gasteiger partial charge on any atom is 0.417 e. The topological polar surface area (TPSA) is 51.4 Å². The average molecular weight is 416 g/mol. The molecule has 0 saturated heterocycles. The van der Waals surface area contributed by atoms with Crippen molar-refractivity contribution in [3.63, 3.8) is 0 Å². The van der Waals surface area contributed by atoms with Gasteiger partial charge in [0.2, 0.25) is 0 Å². The Hall–Kier alpha value is -3.13. The van der Waals surface area contributed by atoms with E-state index in [9.17, 15) is 21.6 Å². The fraction of sp³-hybridized carbons (Fsp3) is 0.0952. The molecule has 0 radical (unpaired) electrons. The van der Waals surface area contributed by atoms with Crippen molar-refractivity contribution in [1.29, 1.82) is 0 Å². The zero-order valence-electron chi connectivity index (χ0n) is 15.2. The molecule has 8 heteroatoms. The maximum absolute atomic E-state index is 13.1. The molecule has 0 unspecified atom stereocenters. The van der Waals surface area contributed by atoms with E-state index in [0.717, 1.165) is 24.1 Å². The number of nitrogens with zero attached hydrogens (tertiary/aromatic N) is 2.